The van der Waals surface area contributed by atoms with Gasteiger partial charge in [0.15, 0.2) is 0 Å². The molecule has 2 aromatic rings. The zero-order valence-electron chi connectivity index (χ0n) is 21.3. The second-order valence-electron chi connectivity index (χ2n) is 10.0. The first kappa shape index (κ1) is 27.2. The van der Waals surface area contributed by atoms with Crippen LogP contribution in [-0.4, -0.2) is 58.9 Å². The Morgan fingerprint density at radius 3 is 2.53 bits per heavy atom. The summed E-state index contributed by atoms with van der Waals surface area (Å²) in [4.78, 5) is 0. The first-order valence-electron chi connectivity index (χ1n) is 12.9. The van der Waals surface area contributed by atoms with Gasteiger partial charge in [0.2, 0.25) is 10.0 Å². The molecule has 198 valence electrons. The molecule has 2 aromatic carbocycles. The van der Waals surface area contributed by atoms with Crippen molar-refractivity contribution in [2.75, 3.05) is 40.1 Å². The molecular weight excluding hydrogens is 481 g/mol. The van der Waals surface area contributed by atoms with Gasteiger partial charge in [0.25, 0.3) is 0 Å². The molecule has 8 heteroatoms. The summed E-state index contributed by atoms with van der Waals surface area (Å²) in [7, 11) is -1.96. The van der Waals surface area contributed by atoms with Crippen molar-refractivity contribution in [2.24, 2.45) is 0 Å². The van der Waals surface area contributed by atoms with Crippen LogP contribution in [0, 0.1) is 5.82 Å². The van der Waals surface area contributed by atoms with Gasteiger partial charge in [-0.25, -0.2) is 12.8 Å². The second-order valence-corrected chi connectivity index (χ2v) is 12.1. The van der Waals surface area contributed by atoms with Crippen molar-refractivity contribution < 1.29 is 27.0 Å². The van der Waals surface area contributed by atoms with E-state index in [0.29, 0.717) is 45.0 Å². The van der Waals surface area contributed by atoms with Crippen LogP contribution in [0.4, 0.5) is 4.39 Å². The number of sulfonamides is 1. The van der Waals surface area contributed by atoms with Crippen molar-refractivity contribution in [1.29, 1.82) is 0 Å². The van der Waals surface area contributed by atoms with Crippen LogP contribution in [0.1, 0.15) is 61.0 Å². The number of halogens is 1. The smallest absolute Gasteiger partial charge is 0.221 e. The molecule has 0 aromatic heterocycles. The largest absolute Gasteiger partial charge is 0.385 e. The van der Waals surface area contributed by atoms with Crippen LogP contribution in [0.5, 0.6) is 0 Å². The average Bonchev–Trinajstić information content (AvgIpc) is 2.88. The van der Waals surface area contributed by atoms with Gasteiger partial charge < -0.3 is 14.2 Å². The Morgan fingerprint density at radius 2 is 1.83 bits per heavy atom. The summed E-state index contributed by atoms with van der Waals surface area (Å²) in [5.41, 5.74) is 1.76. The summed E-state index contributed by atoms with van der Waals surface area (Å²) in [6.45, 7) is 4.87. The summed E-state index contributed by atoms with van der Waals surface area (Å²) >= 11 is 0. The number of methoxy groups -OCH3 is 1. The van der Waals surface area contributed by atoms with Crippen molar-refractivity contribution in [1.82, 2.24) is 4.31 Å². The summed E-state index contributed by atoms with van der Waals surface area (Å²) in [6, 6.07) is 14.4. The Hall–Kier alpha value is -1.84. The number of rotatable bonds is 10. The van der Waals surface area contributed by atoms with E-state index in [1.165, 1.54) is 4.31 Å². The zero-order valence-corrected chi connectivity index (χ0v) is 22.1. The maximum atomic E-state index is 15.5. The highest BCUT2D eigenvalue weighted by Crippen LogP contribution is 2.39. The van der Waals surface area contributed by atoms with Gasteiger partial charge in [-0.1, -0.05) is 42.5 Å². The van der Waals surface area contributed by atoms with E-state index >= 15 is 4.39 Å². The van der Waals surface area contributed by atoms with E-state index in [2.05, 4.69) is 0 Å². The summed E-state index contributed by atoms with van der Waals surface area (Å²) in [5.74, 6) is -0.373. The number of hydrogen-bond acceptors (Lipinski definition) is 5. The molecule has 0 radical (unpaired) electrons. The van der Waals surface area contributed by atoms with Crippen LogP contribution in [0.25, 0.3) is 0 Å². The van der Waals surface area contributed by atoms with Gasteiger partial charge in [0, 0.05) is 57.1 Å². The molecule has 4 rings (SSSR count). The van der Waals surface area contributed by atoms with Gasteiger partial charge in [-0.05, 0) is 56.2 Å². The standard InChI is InChI=1S/C28H38FNO5S/c1-22-9-12-27(23-7-4-3-5-8-23)36(31,32)30(22)20-24-10-11-25(19-26(24)29)28(13-17-34-18-14-28)21-35-16-6-15-33-2/h3-5,7-8,10-11,19,22,27H,6,9,12-18,20-21H2,1-2H3/t22-,27+/m0/s1. The highest BCUT2D eigenvalue weighted by molar-refractivity contribution is 7.89. The third-order valence-corrected chi connectivity index (χ3v) is 10.0. The van der Waals surface area contributed by atoms with Gasteiger partial charge in [-0.2, -0.15) is 4.31 Å². The molecule has 2 fully saturated rings. The number of ether oxygens (including phenoxy) is 3. The molecule has 6 nitrogen and oxygen atoms in total. The van der Waals surface area contributed by atoms with E-state index in [0.717, 1.165) is 36.8 Å². The molecule has 2 saturated heterocycles. The normalized spacial score (nSPS) is 24.0. The predicted molar refractivity (Wildman–Crippen MR) is 138 cm³/mol. The first-order valence-corrected chi connectivity index (χ1v) is 14.4. The molecule has 36 heavy (non-hydrogen) atoms. The van der Waals surface area contributed by atoms with Crippen LogP contribution < -0.4 is 0 Å². The monoisotopic (exact) mass is 519 g/mol. The van der Waals surface area contributed by atoms with E-state index in [9.17, 15) is 8.42 Å². The topological polar surface area (TPSA) is 65.1 Å². The lowest BCUT2D eigenvalue weighted by molar-refractivity contribution is -0.00317. The molecule has 0 spiro atoms. The molecule has 0 bridgehead atoms. The Kier molecular flexibility index (Phi) is 9.17. The lowest BCUT2D eigenvalue weighted by Crippen LogP contribution is -2.45. The molecule has 2 atom stereocenters. The highest BCUT2D eigenvalue weighted by Gasteiger charge is 2.41. The number of nitrogens with zero attached hydrogens (tertiary/aromatic N) is 1. The molecule has 0 saturated carbocycles. The molecule has 2 aliphatic rings. The maximum absolute atomic E-state index is 15.5. The Balaban J connectivity index is 1.53. The molecule has 2 heterocycles. The predicted octanol–water partition coefficient (Wildman–Crippen LogP) is 4.98. The summed E-state index contributed by atoms with van der Waals surface area (Å²) in [6.07, 6.45) is 3.63. The van der Waals surface area contributed by atoms with Crippen molar-refractivity contribution in [3.63, 3.8) is 0 Å². The SMILES string of the molecule is COCCCOCC1(c2ccc(CN3[C@@H](C)CC[C@H](c4ccccc4)S3(=O)=O)c(F)c2)CCOCC1. The fourth-order valence-corrected chi connectivity index (χ4v) is 7.56. The van der Waals surface area contributed by atoms with Gasteiger partial charge in [-0.3, -0.25) is 0 Å². The molecular formula is C28H38FNO5S. The molecule has 0 amide bonds. The lowest BCUT2D eigenvalue weighted by atomic mass is 9.74. The number of hydrogen-bond donors (Lipinski definition) is 0. The minimum atomic E-state index is -3.62. The number of benzene rings is 2. The van der Waals surface area contributed by atoms with Gasteiger partial charge in [0.05, 0.1) is 6.61 Å². The lowest BCUT2D eigenvalue weighted by Gasteiger charge is -2.38. The fourth-order valence-electron chi connectivity index (χ4n) is 5.38. The molecule has 0 N–H and O–H groups in total. The third-order valence-electron chi connectivity index (χ3n) is 7.65. The van der Waals surface area contributed by atoms with Crippen LogP contribution in [0.3, 0.4) is 0 Å². The third kappa shape index (κ3) is 6.00. The fraction of sp³-hybridized carbons (Fsp3) is 0.571. The van der Waals surface area contributed by atoms with E-state index in [1.807, 2.05) is 43.3 Å². The Morgan fingerprint density at radius 1 is 1.08 bits per heavy atom. The highest BCUT2D eigenvalue weighted by atomic mass is 32.2. The van der Waals surface area contributed by atoms with Crippen molar-refractivity contribution in [2.45, 2.75) is 62.3 Å². The van der Waals surface area contributed by atoms with Gasteiger partial charge >= 0.3 is 0 Å². The minimum absolute atomic E-state index is 0.0303. The van der Waals surface area contributed by atoms with Crippen LogP contribution in [-0.2, 0) is 36.2 Å². The van der Waals surface area contributed by atoms with Gasteiger partial charge in [-0.15, -0.1) is 0 Å². The van der Waals surface area contributed by atoms with Crippen LogP contribution in [0.15, 0.2) is 48.5 Å². The zero-order chi connectivity index (χ0) is 25.6. The van der Waals surface area contributed by atoms with Crippen LogP contribution >= 0.6 is 0 Å². The average molecular weight is 520 g/mol. The van der Waals surface area contributed by atoms with E-state index in [4.69, 9.17) is 14.2 Å². The second kappa shape index (κ2) is 12.1. The van der Waals surface area contributed by atoms with Crippen molar-refractivity contribution >= 4 is 10.0 Å². The van der Waals surface area contributed by atoms with Crippen molar-refractivity contribution in [3.05, 3.63) is 71.0 Å². The maximum Gasteiger partial charge on any atom is 0.221 e. The minimum Gasteiger partial charge on any atom is -0.385 e. The molecule has 0 unspecified atom stereocenters. The van der Waals surface area contributed by atoms with E-state index < -0.39 is 15.3 Å². The molecule has 2 aliphatic heterocycles. The first-order chi connectivity index (χ1) is 17.4. The molecule has 0 aliphatic carbocycles. The summed E-state index contributed by atoms with van der Waals surface area (Å²) in [5, 5.41) is -0.599. The van der Waals surface area contributed by atoms with E-state index in [-0.39, 0.29) is 23.8 Å². The van der Waals surface area contributed by atoms with E-state index in [1.54, 1.807) is 19.2 Å². The Bertz CT molecular complexity index is 1090. The van der Waals surface area contributed by atoms with Gasteiger partial charge in [0.1, 0.15) is 11.1 Å². The van der Waals surface area contributed by atoms with Crippen molar-refractivity contribution in [3.8, 4) is 0 Å². The van der Waals surface area contributed by atoms with Crippen LogP contribution in [0.2, 0.25) is 0 Å². The quantitative estimate of drug-likeness (QED) is 0.414. The Labute approximate surface area is 214 Å². The summed E-state index contributed by atoms with van der Waals surface area (Å²) < 4.78 is 60.8.